The van der Waals surface area contributed by atoms with Crippen LogP contribution < -0.4 is 10.6 Å². The van der Waals surface area contributed by atoms with Gasteiger partial charge >= 0.3 is 12.0 Å². The Balaban J connectivity index is 3.88. The number of aliphatic hydroxyl groups is 1. The van der Waals surface area contributed by atoms with Crippen molar-refractivity contribution < 1.29 is 19.8 Å². The highest BCUT2D eigenvalue weighted by Gasteiger charge is 2.17. The molecule has 1 unspecified atom stereocenters. The second kappa shape index (κ2) is 4.51. The van der Waals surface area contributed by atoms with Crippen LogP contribution in [0.25, 0.3) is 0 Å². The van der Waals surface area contributed by atoms with E-state index in [0.717, 1.165) is 0 Å². The lowest BCUT2D eigenvalue weighted by molar-refractivity contribution is -0.140. The number of nitrogens with one attached hydrogen (secondary N) is 2. The summed E-state index contributed by atoms with van der Waals surface area (Å²) in [7, 11) is 1.35. The Hall–Kier alpha value is -1.30. The summed E-state index contributed by atoms with van der Waals surface area (Å²) < 4.78 is 0. The van der Waals surface area contributed by atoms with Gasteiger partial charge in [0.2, 0.25) is 0 Å². The molecule has 0 rings (SSSR count). The highest BCUT2D eigenvalue weighted by atomic mass is 16.4. The zero-order valence-electron chi connectivity index (χ0n) is 6.00. The zero-order chi connectivity index (χ0) is 8.85. The smallest absolute Gasteiger partial charge is 0.328 e. The molecule has 2 amide bonds. The molecule has 0 bridgehead atoms. The second-order valence-corrected chi connectivity index (χ2v) is 1.80. The van der Waals surface area contributed by atoms with E-state index in [1.54, 1.807) is 0 Å². The molecule has 0 aromatic heterocycles. The molecular formula is C5H10N2O4. The minimum Gasteiger partial charge on any atom is -0.480 e. The van der Waals surface area contributed by atoms with Gasteiger partial charge in [-0.2, -0.15) is 0 Å². The van der Waals surface area contributed by atoms with Gasteiger partial charge < -0.3 is 20.8 Å². The molecule has 1 atom stereocenters. The maximum Gasteiger partial charge on any atom is 0.328 e. The first kappa shape index (κ1) is 9.70. The lowest BCUT2D eigenvalue weighted by Crippen LogP contribution is -2.46. The third kappa shape index (κ3) is 3.41. The molecule has 0 aliphatic rings. The number of rotatable bonds is 3. The number of carbonyl (C=O) groups excluding carboxylic acids is 1. The first-order valence-electron chi connectivity index (χ1n) is 2.93. The molecule has 0 aromatic carbocycles. The Kier molecular flexibility index (Phi) is 3.97. The van der Waals surface area contributed by atoms with E-state index in [2.05, 4.69) is 5.32 Å². The molecule has 0 saturated heterocycles. The predicted octanol–water partition coefficient (Wildman–Crippen LogP) is -1.64. The number of urea groups is 1. The lowest BCUT2D eigenvalue weighted by atomic mass is 10.3. The fourth-order valence-corrected chi connectivity index (χ4v) is 0.416. The van der Waals surface area contributed by atoms with Crippen LogP contribution in [0.1, 0.15) is 0 Å². The van der Waals surface area contributed by atoms with Crippen LogP contribution in [0.15, 0.2) is 0 Å². The highest BCUT2D eigenvalue weighted by molar-refractivity contribution is 5.82. The number of carboxylic acids is 1. The Morgan fingerprint density at radius 2 is 2.09 bits per heavy atom. The van der Waals surface area contributed by atoms with Gasteiger partial charge in [-0.3, -0.25) is 0 Å². The summed E-state index contributed by atoms with van der Waals surface area (Å²) in [5, 5.41) is 20.9. The van der Waals surface area contributed by atoms with Crippen LogP contribution in [0.3, 0.4) is 0 Å². The summed E-state index contributed by atoms with van der Waals surface area (Å²) in [5.74, 6) is -1.27. The minimum absolute atomic E-state index is 0.622. The number of aliphatic hydroxyl groups excluding tert-OH is 1. The lowest BCUT2D eigenvalue weighted by Gasteiger charge is -2.09. The van der Waals surface area contributed by atoms with Crippen LogP contribution in [0.2, 0.25) is 0 Å². The average molecular weight is 162 g/mol. The number of hydrogen-bond acceptors (Lipinski definition) is 3. The van der Waals surface area contributed by atoms with Crippen LogP contribution in [0.4, 0.5) is 4.79 Å². The van der Waals surface area contributed by atoms with Gasteiger partial charge in [0, 0.05) is 7.05 Å². The van der Waals surface area contributed by atoms with Gasteiger partial charge in [0.1, 0.15) is 0 Å². The maximum atomic E-state index is 10.5. The fraction of sp³-hybridized carbons (Fsp3) is 0.600. The van der Waals surface area contributed by atoms with Crippen LogP contribution >= 0.6 is 0 Å². The van der Waals surface area contributed by atoms with Crippen molar-refractivity contribution in [3.05, 3.63) is 0 Å². The maximum absolute atomic E-state index is 10.5. The monoisotopic (exact) mass is 162 g/mol. The number of hydrogen-bond donors (Lipinski definition) is 4. The molecule has 6 nitrogen and oxygen atoms in total. The van der Waals surface area contributed by atoms with Crippen LogP contribution in [-0.4, -0.2) is 41.9 Å². The van der Waals surface area contributed by atoms with Gasteiger partial charge in [0.05, 0.1) is 6.61 Å². The second-order valence-electron chi connectivity index (χ2n) is 1.80. The van der Waals surface area contributed by atoms with E-state index in [9.17, 15) is 9.59 Å². The van der Waals surface area contributed by atoms with Gasteiger partial charge in [-0.25, -0.2) is 9.59 Å². The van der Waals surface area contributed by atoms with Gasteiger partial charge in [0.25, 0.3) is 0 Å². The van der Waals surface area contributed by atoms with Gasteiger partial charge in [-0.05, 0) is 0 Å². The Labute approximate surface area is 63.2 Å². The van der Waals surface area contributed by atoms with E-state index in [4.69, 9.17) is 10.2 Å². The summed E-state index contributed by atoms with van der Waals surface area (Å²) in [6.45, 7) is -0.622. The molecule has 0 fully saturated rings. The molecule has 0 heterocycles. The molecule has 0 saturated carbocycles. The Morgan fingerprint density at radius 1 is 1.55 bits per heavy atom. The van der Waals surface area contributed by atoms with E-state index in [1.807, 2.05) is 5.32 Å². The zero-order valence-corrected chi connectivity index (χ0v) is 6.00. The Morgan fingerprint density at radius 3 is 2.36 bits per heavy atom. The van der Waals surface area contributed by atoms with Crippen molar-refractivity contribution in [3.8, 4) is 0 Å². The van der Waals surface area contributed by atoms with E-state index in [1.165, 1.54) is 7.05 Å². The summed E-state index contributed by atoms with van der Waals surface area (Å²) >= 11 is 0. The van der Waals surface area contributed by atoms with Crippen molar-refractivity contribution in [3.63, 3.8) is 0 Å². The Bertz CT molecular complexity index is 159. The minimum atomic E-state index is -1.27. The largest absolute Gasteiger partial charge is 0.480 e. The predicted molar refractivity (Wildman–Crippen MR) is 36.1 cm³/mol. The molecule has 0 spiro atoms. The van der Waals surface area contributed by atoms with Gasteiger partial charge in [-0.15, -0.1) is 0 Å². The molecule has 4 N–H and O–H groups in total. The van der Waals surface area contributed by atoms with Crippen molar-refractivity contribution in [1.82, 2.24) is 10.6 Å². The van der Waals surface area contributed by atoms with Crippen molar-refractivity contribution in [2.75, 3.05) is 13.7 Å². The molecule has 0 aromatic rings. The third-order valence-corrected chi connectivity index (χ3v) is 1.01. The molecule has 0 aliphatic heterocycles. The van der Waals surface area contributed by atoms with E-state index >= 15 is 0 Å². The van der Waals surface area contributed by atoms with Crippen molar-refractivity contribution >= 4 is 12.0 Å². The number of carbonyl (C=O) groups is 2. The molecule has 64 valence electrons. The molecule has 0 radical (unpaired) electrons. The van der Waals surface area contributed by atoms with E-state index in [-0.39, 0.29) is 0 Å². The van der Waals surface area contributed by atoms with Crippen molar-refractivity contribution in [1.29, 1.82) is 0 Å². The molecule has 0 aliphatic carbocycles. The molecule has 11 heavy (non-hydrogen) atoms. The van der Waals surface area contributed by atoms with Crippen LogP contribution in [-0.2, 0) is 4.79 Å². The number of carboxylic acid groups (broad SMARTS) is 1. The van der Waals surface area contributed by atoms with E-state index in [0.29, 0.717) is 0 Å². The summed E-state index contributed by atoms with van der Waals surface area (Å²) in [5.41, 5.74) is 0. The van der Waals surface area contributed by atoms with Crippen LogP contribution in [0.5, 0.6) is 0 Å². The number of aliphatic carboxylic acids is 1. The normalized spacial score (nSPS) is 11.8. The first-order valence-corrected chi connectivity index (χ1v) is 2.93. The summed E-state index contributed by atoms with van der Waals surface area (Å²) in [4.78, 5) is 20.7. The highest BCUT2D eigenvalue weighted by Crippen LogP contribution is 1.80. The molecule has 6 heteroatoms. The summed E-state index contributed by atoms with van der Waals surface area (Å²) in [6, 6.07) is -1.87. The molecular weight excluding hydrogens is 152 g/mol. The fourth-order valence-electron chi connectivity index (χ4n) is 0.416. The van der Waals surface area contributed by atoms with E-state index < -0.39 is 24.6 Å². The standard InChI is InChI=1S/C5H10N2O4/c1-6-5(11)7-3(2-8)4(9)10/h3,8H,2H2,1H3,(H,9,10)(H2,6,7,11). The topological polar surface area (TPSA) is 98.7 Å². The van der Waals surface area contributed by atoms with Crippen LogP contribution in [0, 0.1) is 0 Å². The third-order valence-electron chi connectivity index (χ3n) is 1.01. The average Bonchev–Trinajstić information content (AvgIpc) is 1.99. The number of amides is 2. The van der Waals surface area contributed by atoms with Gasteiger partial charge in [-0.1, -0.05) is 0 Å². The SMILES string of the molecule is CNC(=O)NC(CO)C(=O)O. The van der Waals surface area contributed by atoms with Crippen molar-refractivity contribution in [2.24, 2.45) is 0 Å². The first-order chi connectivity index (χ1) is 5.11. The quantitative estimate of drug-likeness (QED) is 0.400. The summed E-state index contributed by atoms with van der Waals surface area (Å²) in [6.07, 6.45) is 0. The van der Waals surface area contributed by atoms with Crippen molar-refractivity contribution in [2.45, 2.75) is 6.04 Å². The van der Waals surface area contributed by atoms with Gasteiger partial charge in [0.15, 0.2) is 6.04 Å².